The molecule has 1 unspecified atom stereocenters. The Morgan fingerprint density at radius 2 is 1.79 bits per heavy atom. The van der Waals surface area contributed by atoms with E-state index in [1.54, 1.807) is 0 Å². The molecule has 28 heavy (non-hydrogen) atoms. The van der Waals surface area contributed by atoms with Gasteiger partial charge in [0.15, 0.2) is 0 Å². The predicted octanol–water partition coefficient (Wildman–Crippen LogP) is 5.63. The maximum atomic E-state index is 12.8. The van der Waals surface area contributed by atoms with Crippen molar-refractivity contribution in [2.75, 3.05) is 7.11 Å². The van der Waals surface area contributed by atoms with Gasteiger partial charge >= 0.3 is 6.18 Å². The summed E-state index contributed by atoms with van der Waals surface area (Å²) in [6, 6.07) is 18.3. The molecular formula is C22H21F3N2O. The van der Waals surface area contributed by atoms with Gasteiger partial charge in [0.05, 0.1) is 7.11 Å². The summed E-state index contributed by atoms with van der Waals surface area (Å²) in [5.74, 6) is 0.585. The summed E-state index contributed by atoms with van der Waals surface area (Å²) in [4.78, 5) is 3.55. The van der Waals surface area contributed by atoms with E-state index in [4.69, 9.17) is 4.74 Å². The molecule has 0 amide bonds. The highest BCUT2D eigenvalue weighted by Crippen LogP contribution is 2.33. The first-order valence-corrected chi connectivity index (χ1v) is 8.87. The quantitative estimate of drug-likeness (QED) is 0.596. The minimum atomic E-state index is -4.46. The van der Waals surface area contributed by atoms with E-state index in [9.17, 15) is 13.2 Å². The molecule has 0 aliphatic carbocycles. The molecule has 3 rings (SSSR count). The minimum absolute atomic E-state index is 0.166. The number of halogens is 3. The summed E-state index contributed by atoms with van der Waals surface area (Å²) >= 11 is 0. The smallest absolute Gasteiger partial charge is 0.433 e. The van der Waals surface area contributed by atoms with Crippen molar-refractivity contribution in [2.45, 2.75) is 25.7 Å². The van der Waals surface area contributed by atoms with Crippen LogP contribution in [-0.4, -0.2) is 12.1 Å². The van der Waals surface area contributed by atoms with Crippen LogP contribution in [0.5, 0.6) is 5.75 Å². The molecule has 1 N–H and O–H groups in total. The normalized spacial score (nSPS) is 12.6. The molecule has 0 saturated heterocycles. The van der Waals surface area contributed by atoms with Gasteiger partial charge in [-0.25, -0.2) is 0 Å². The van der Waals surface area contributed by atoms with E-state index in [0.717, 1.165) is 11.6 Å². The van der Waals surface area contributed by atoms with Crippen molar-refractivity contribution < 1.29 is 17.9 Å². The number of hydrogen-bond donors (Lipinski definition) is 1. The molecule has 0 bridgehead atoms. The average molecular weight is 386 g/mol. The van der Waals surface area contributed by atoms with E-state index in [2.05, 4.69) is 29.4 Å². The first kappa shape index (κ1) is 19.9. The lowest BCUT2D eigenvalue weighted by Crippen LogP contribution is -2.18. The lowest BCUT2D eigenvalue weighted by atomic mass is 10.0. The maximum Gasteiger partial charge on any atom is 0.433 e. The number of pyridine rings is 1. The van der Waals surface area contributed by atoms with Crippen LogP contribution in [-0.2, 0) is 12.7 Å². The minimum Gasteiger partial charge on any atom is -0.496 e. The zero-order valence-electron chi connectivity index (χ0n) is 15.6. The van der Waals surface area contributed by atoms with Crippen LogP contribution < -0.4 is 10.1 Å². The van der Waals surface area contributed by atoms with Crippen LogP contribution in [0.2, 0.25) is 0 Å². The number of aromatic nitrogens is 1. The van der Waals surface area contributed by atoms with Crippen LogP contribution >= 0.6 is 0 Å². The third-order valence-electron chi connectivity index (χ3n) is 4.54. The van der Waals surface area contributed by atoms with Gasteiger partial charge < -0.3 is 10.1 Å². The summed E-state index contributed by atoms with van der Waals surface area (Å²) in [5, 5.41) is 3.46. The summed E-state index contributed by atoms with van der Waals surface area (Å²) < 4.78 is 43.6. The topological polar surface area (TPSA) is 34.1 Å². The van der Waals surface area contributed by atoms with Crippen LogP contribution in [0, 0.1) is 0 Å². The molecule has 0 radical (unpaired) electrons. The molecule has 0 aliphatic rings. The fourth-order valence-electron chi connectivity index (χ4n) is 2.94. The highest BCUT2D eigenvalue weighted by molar-refractivity contribution is 5.70. The summed E-state index contributed by atoms with van der Waals surface area (Å²) in [7, 11) is 1.53. The van der Waals surface area contributed by atoms with Gasteiger partial charge in [-0.15, -0.1) is 0 Å². The molecule has 0 fully saturated rings. The average Bonchev–Trinajstić information content (AvgIpc) is 2.72. The van der Waals surface area contributed by atoms with Crippen molar-refractivity contribution >= 4 is 0 Å². The SMILES string of the molecule is COc1ccc(CNC(C)c2ccccc2)cc1-c1ccc(C(F)(F)F)nc1. The number of alkyl halides is 3. The molecule has 0 spiro atoms. The lowest BCUT2D eigenvalue weighted by Gasteiger charge is -2.16. The predicted molar refractivity (Wildman–Crippen MR) is 103 cm³/mol. The molecule has 3 nitrogen and oxygen atoms in total. The molecule has 0 aliphatic heterocycles. The molecule has 2 aromatic carbocycles. The molecule has 3 aromatic rings. The zero-order valence-corrected chi connectivity index (χ0v) is 15.6. The van der Waals surface area contributed by atoms with Crippen LogP contribution in [0.15, 0.2) is 66.9 Å². The number of ether oxygens (including phenoxy) is 1. The van der Waals surface area contributed by atoms with Crippen LogP contribution in [0.3, 0.4) is 0 Å². The van der Waals surface area contributed by atoms with Crippen LogP contribution in [0.4, 0.5) is 13.2 Å². The molecule has 6 heteroatoms. The van der Waals surface area contributed by atoms with Gasteiger partial charge in [-0.2, -0.15) is 13.2 Å². The van der Waals surface area contributed by atoms with Gasteiger partial charge in [0.1, 0.15) is 11.4 Å². The number of nitrogens with one attached hydrogen (secondary N) is 1. The number of benzene rings is 2. The number of methoxy groups -OCH3 is 1. The van der Waals surface area contributed by atoms with E-state index in [-0.39, 0.29) is 6.04 Å². The van der Waals surface area contributed by atoms with Crippen LogP contribution in [0.25, 0.3) is 11.1 Å². The maximum absolute atomic E-state index is 12.8. The Morgan fingerprint density at radius 3 is 2.39 bits per heavy atom. The Hall–Kier alpha value is -2.86. The standard InChI is InChI=1S/C22H21F3N2O/c1-15(17-6-4-3-5-7-17)26-13-16-8-10-20(28-2)19(12-16)18-9-11-21(27-14-18)22(23,24)25/h3-12,14-15,26H,13H2,1-2H3. The zero-order chi connectivity index (χ0) is 20.1. The Labute approximate surface area is 162 Å². The molecular weight excluding hydrogens is 365 g/mol. The Kier molecular flexibility index (Phi) is 5.99. The fourth-order valence-corrected chi connectivity index (χ4v) is 2.94. The third kappa shape index (κ3) is 4.70. The number of rotatable bonds is 6. The Bertz CT molecular complexity index is 909. The van der Waals surface area contributed by atoms with E-state index in [1.165, 1.54) is 24.9 Å². The van der Waals surface area contributed by atoms with Crippen LogP contribution in [0.1, 0.15) is 29.8 Å². The van der Waals surface area contributed by atoms with Crippen molar-refractivity contribution in [3.8, 4) is 16.9 Å². The van der Waals surface area contributed by atoms with Gasteiger partial charge in [-0.3, -0.25) is 4.98 Å². The van der Waals surface area contributed by atoms with Crippen molar-refractivity contribution in [1.82, 2.24) is 10.3 Å². The first-order chi connectivity index (χ1) is 13.4. The van der Waals surface area contributed by atoms with E-state index in [1.807, 2.05) is 36.4 Å². The summed E-state index contributed by atoms with van der Waals surface area (Å²) in [6.45, 7) is 2.70. The molecule has 0 saturated carbocycles. The number of hydrogen-bond acceptors (Lipinski definition) is 3. The second kappa shape index (κ2) is 8.44. The van der Waals surface area contributed by atoms with Gasteiger partial charge in [0.2, 0.25) is 0 Å². The second-order valence-electron chi connectivity index (χ2n) is 6.48. The largest absolute Gasteiger partial charge is 0.496 e. The third-order valence-corrected chi connectivity index (χ3v) is 4.54. The van der Waals surface area contributed by atoms with Gasteiger partial charge in [-0.1, -0.05) is 42.5 Å². The second-order valence-corrected chi connectivity index (χ2v) is 6.48. The molecule has 146 valence electrons. The fraction of sp³-hybridized carbons (Fsp3) is 0.227. The lowest BCUT2D eigenvalue weighted by molar-refractivity contribution is -0.141. The van der Waals surface area contributed by atoms with Crippen molar-refractivity contribution in [3.63, 3.8) is 0 Å². The Morgan fingerprint density at radius 1 is 1.04 bits per heavy atom. The monoisotopic (exact) mass is 386 g/mol. The number of nitrogens with zero attached hydrogens (tertiary/aromatic N) is 1. The van der Waals surface area contributed by atoms with Crippen molar-refractivity contribution in [1.29, 1.82) is 0 Å². The molecule has 1 atom stereocenters. The Balaban J connectivity index is 1.80. The van der Waals surface area contributed by atoms with Gasteiger partial charge in [0, 0.05) is 29.9 Å². The summed E-state index contributed by atoms with van der Waals surface area (Å²) in [6.07, 6.45) is -3.23. The molecule has 1 aromatic heterocycles. The first-order valence-electron chi connectivity index (χ1n) is 8.87. The van der Waals surface area contributed by atoms with E-state index in [0.29, 0.717) is 23.4 Å². The molecule has 1 heterocycles. The van der Waals surface area contributed by atoms with Crippen molar-refractivity contribution in [2.24, 2.45) is 0 Å². The van der Waals surface area contributed by atoms with Gasteiger partial charge in [0.25, 0.3) is 0 Å². The highest BCUT2D eigenvalue weighted by atomic mass is 19.4. The summed E-state index contributed by atoms with van der Waals surface area (Å²) in [5.41, 5.74) is 2.55. The van der Waals surface area contributed by atoms with Gasteiger partial charge in [-0.05, 0) is 36.2 Å². The van der Waals surface area contributed by atoms with Crippen molar-refractivity contribution in [3.05, 3.63) is 83.7 Å². The highest BCUT2D eigenvalue weighted by Gasteiger charge is 2.32. The van der Waals surface area contributed by atoms with E-state index >= 15 is 0 Å². The van der Waals surface area contributed by atoms with E-state index < -0.39 is 11.9 Å².